The van der Waals surface area contributed by atoms with Gasteiger partial charge in [-0.15, -0.1) is 11.8 Å². The lowest BCUT2D eigenvalue weighted by Crippen LogP contribution is -2.67. The maximum atomic E-state index is 12.2. The Balaban J connectivity index is 2.16. The number of hydrogen-bond donors (Lipinski definition) is 3. The molecular formula is C13H20N2O5S. The van der Waals surface area contributed by atoms with Gasteiger partial charge in [-0.25, -0.2) is 4.79 Å². The van der Waals surface area contributed by atoms with Crippen molar-refractivity contribution in [1.29, 1.82) is 0 Å². The number of hydrogen-bond acceptors (Lipinski definition) is 5. The Morgan fingerprint density at radius 2 is 1.95 bits per heavy atom. The molecule has 0 unspecified atom stereocenters. The molecule has 0 aromatic heterocycles. The number of aliphatic hydroxyl groups excluding tert-OH is 1. The molecule has 8 heteroatoms. The highest BCUT2D eigenvalue weighted by Gasteiger charge is 2.66. The Morgan fingerprint density at radius 1 is 1.38 bits per heavy atom. The van der Waals surface area contributed by atoms with Crippen molar-refractivity contribution >= 4 is 29.5 Å². The van der Waals surface area contributed by atoms with Crippen LogP contribution in [0.15, 0.2) is 0 Å². The number of nitrogens with zero attached hydrogens (tertiary/aromatic N) is 1. The summed E-state index contributed by atoms with van der Waals surface area (Å²) in [6.07, 6.45) is -1.45. The first kappa shape index (κ1) is 16.1. The third kappa shape index (κ3) is 2.50. The second-order valence-corrected chi connectivity index (χ2v) is 8.00. The molecule has 0 radical (unpaired) electrons. The Labute approximate surface area is 127 Å². The summed E-state index contributed by atoms with van der Waals surface area (Å²) < 4.78 is -0.658. The summed E-state index contributed by atoms with van der Waals surface area (Å²) in [4.78, 5) is 36.7. The number of aliphatic hydroxyl groups is 1. The van der Waals surface area contributed by atoms with Crippen LogP contribution in [-0.4, -0.2) is 61.2 Å². The molecule has 0 spiro atoms. The van der Waals surface area contributed by atoms with E-state index in [1.807, 2.05) is 0 Å². The van der Waals surface area contributed by atoms with E-state index in [4.69, 9.17) is 0 Å². The molecule has 0 bridgehead atoms. The molecular weight excluding hydrogens is 296 g/mol. The summed E-state index contributed by atoms with van der Waals surface area (Å²) in [7, 11) is 0. The van der Waals surface area contributed by atoms with Gasteiger partial charge in [-0.3, -0.25) is 9.59 Å². The molecule has 2 aliphatic rings. The Kier molecular flexibility index (Phi) is 3.96. The molecule has 7 nitrogen and oxygen atoms in total. The third-order valence-corrected chi connectivity index (χ3v) is 5.35. The van der Waals surface area contributed by atoms with Crippen LogP contribution >= 0.6 is 11.8 Å². The second kappa shape index (κ2) is 5.17. The molecule has 2 saturated heterocycles. The number of carbonyl (C=O) groups is 3. The lowest BCUT2D eigenvalue weighted by atomic mass is 9.87. The van der Waals surface area contributed by atoms with Gasteiger partial charge in [0.1, 0.15) is 18.1 Å². The minimum atomic E-state index is -1.45. The van der Waals surface area contributed by atoms with E-state index < -0.39 is 46.0 Å². The molecule has 21 heavy (non-hydrogen) atoms. The molecule has 0 aliphatic carbocycles. The lowest BCUT2D eigenvalue weighted by Gasteiger charge is -2.45. The molecule has 2 rings (SSSR count). The molecule has 2 amide bonds. The Hall–Kier alpha value is -1.28. The van der Waals surface area contributed by atoms with Crippen LogP contribution in [0.1, 0.15) is 27.7 Å². The molecule has 2 aliphatic heterocycles. The van der Waals surface area contributed by atoms with Crippen LogP contribution in [0, 0.1) is 5.92 Å². The Bertz CT molecular complexity index is 493. The third-order valence-electron chi connectivity index (χ3n) is 3.76. The highest BCUT2D eigenvalue weighted by atomic mass is 32.2. The van der Waals surface area contributed by atoms with Gasteiger partial charge in [0.05, 0.1) is 5.37 Å². The van der Waals surface area contributed by atoms with Crippen LogP contribution in [0.25, 0.3) is 0 Å². The molecule has 0 saturated carbocycles. The molecule has 0 aromatic carbocycles. The standard InChI is InChI=1S/C13H20N2O5S/c1-5(2)14-9(17)7(16)6-10(18)15-8(12(19)20)13(3,4)21-11(6)15/h5-8,11,16H,1-4H3,(H,14,17)(H,19,20)/t6-,7-,8+,11-/m1/s1. The van der Waals surface area contributed by atoms with Gasteiger partial charge in [0.15, 0.2) is 0 Å². The summed E-state index contributed by atoms with van der Waals surface area (Å²) in [5, 5.41) is 21.5. The van der Waals surface area contributed by atoms with Crippen LogP contribution in [-0.2, 0) is 14.4 Å². The molecule has 2 heterocycles. The molecule has 4 atom stereocenters. The topological polar surface area (TPSA) is 107 Å². The van der Waals surface area contributed by atoms with E-state index in [0.717, 1.165) is 0 Å². The zero-order valence-electron chi connectivity index (χ0n) is 12.4. The van der Waals surface area contributed by atoms with Crippen LogP contribution in [0.2, 0.25) is 0 Å². The fourth-order valence-electron chi connectivity index (χ4n) is 2.87. The molecule has 0 aromatic rings. The summed E-state index contributed by atoms with van der Waals surface area (Å²) in [5.74, 6) is -3.02. The second-order valence-electron chi connectivity index (χ2n) is 6.23. The normalized spacial score (nSPS) is 31.6. The van der Waals surface area contributed by atoms with Crippen molar-refractivity contribution in [2.24, 2.45) is 5.92 Å². The maximum absolute atomic E-state index is 12.2. The number of carboxylic acids is 1. The molecule has 2 fully saturated rings. The number of amides is 2. The largest absolute Gasteiger partial charge is 0.480 e. The number of carbonyl (C=O) groups excluding carboxylic acids is 2. The smallest absolute Gasteiger partial charge is 0.327 e. The van der Waals surface area contributed by atoms with Crippen molar-refractivity contribution in [3.63, 3.8) is 0 Å². The monoisotopic (exact) mass is 316 g/mol. The van der Waals surface area contributed by atoms with E-state index >= 15 is 0 Å². The highest BCUT2D eigenvalue weighted by Crippen LogP contribution is 2.53. The van der Waals surface area contributed by atoms with E-state index in [9.17, 15) is 24.6 Å². The van der Waals surface area contributed by atoms with Crippen molar-refractivity contribution in [2.75, 3.05) is 0 Å². The van der Waals surface area contributed by atoms with Crippen LogP contribution < -0.4 is 5.32 Å². The number of carboxylic acid groups (broad SMARTS) is 1. The average Bonchev–Trinajstić information content (AvgIpc) is 2.56. The average molecular weight is 316 g/mol. The molecule has 3 N–H and O–H groups in total. The Morgan fingerprint density at radius 3 is 2.43 bits per heavy atom. The van der Waals surface area contributed by atoms with Crippen molar-refractivity contribution in [2.45, 2.75) is 56.0 Å². The number of β-lactam (4-membered cyclic amide) rings is 1. The predicted molar refractivity (Wildman–Crippen MR) is 76.5 cm³/mol. The fraction of sp³-hybridized carbons (Fsp3) is 0.769. The van der Waals surface area contributed by atoms with Crippen LogP contribution in [0.5, 0.6) is 0 Å². The van der Waals surface area contributed by atoms with E-state index in [2.05, 4.69) is 5.32 Å². The number of thioether (sulfide) groups is 1. The number of aliphatic carboxylic acids is 1. The van der Waals surface area contributed by atoms with Gasteiger partial charge in [-0.05, 0) is 27.7 Å². The summed E-state index contributed by atoms with van der Waals surface area (Å²) >= 11 is 1.31. The first-order valence-electron chi connectivity index (χ1n) is 6.79. The lowest BCUT2D eigenvalue weighted by molar-refractivity contribution is -0.171. The highest BCUT2D eigenvalue weighted by molar-refractivity contribution is 8.01. The quantitative estimate of drug-likeness (QED) is 0.611. The van der Waals surface area contributed by atoms with Gasteiger partial charge in [0, 0.05) is 10.8 Å². The van der Waals surface area contributed by atoms with Gasteiger partial charge in [0.25, 0.3) is 0 Å². The zero-order chi connectivity index (χ0) is 16.1. The van der Waals surface area contributed by atoms with E-state index in [1.165, 1.54) is 16.7 Å². The summed E-state index contributed by atoms with van der Waals surface area (Å²) in [5.41, 5.74) is 0. The SMILES string of the molecule is CC(C)NC(=O)[C@H](O)[C@@H]1C(=O)N2[C@@H]1SC(C)(C)[C@@H]2C(=O)O. The number of rotatable bonds is 4. The van der Waals surface area contributed by atoms with Crippen LogP contribution in [0.4, 0.5) is 0 Å². The van der Waals surface area contributed by atoms with Crippen LogP contribution in [0.3, 0.4) is 0 Å². The number of fused-ring (bicyclic) bond motifs is 1. The first-order valence-corrected chi connectivity index (χ1v) is 7.67. The zero-order valence-corrected chi connectivity index (χ0v) is 13.2. The van der Waals surface area contributed by atoms with Crippen molar-refractivity contribution in [3.05, 3.63) is 0 Å². The van der Waals surface area contributed by atoms with Gasteiger partial charge >= 0.3 is 5.97 Å². The van der Waals surface area contributed by atoms with E-state index in [1.54, 1.807) is 27.7 Å². The minimum absolute atomic E-state index is 0.141. The minimum Gasteiger partial charge on any atom is -0.480 e. The van der Waals surface area contributed by atoms with Crippen molar-refractivity contribution < 1.29 is 24.6 Å². The molecule has 118 valence electrons. The summed E-state index contributed by atoms with van der Waals surface area (Å²) in [6, 6.07) is -1.07. The van der Waals surface area contributed by atoms with Gasteiger partial charge in [-0.2, -0.15) is 0 Å². The van der Waals surface area contributed by atoms with E-state index in [-0.39, 0.29) is 6.04 Å². The predicted octanol–water partition coefficient (Wildman–Crippen LogP) is -0.365. The maximum Gasteiger partial charge on any atom is 0.327 e. The van der Waals surface area contributed by atoms with Gasteiger partial charge in [0.2, 0.25) is 11.8 Å². The van der Waals surface area contributed by atoms with Crippen molar-refractivity contribution in [1.82, 2.24) is 10.2 Å². The number of nitrogens with one attached hydrogen (secondary N) is 1. The summed E-state index contributed by atoms with van der Waals surface area (Å²) in [6.45, 7) is 7.01. The van der Waals surface area contributed by atoms with Gasteiger partial charge < -0.3 is 20.4 Å². The fourth-order valence-corrected chi connectivity index (χ4v) is 4.58. The van der Waals surface area contributed by atoms with E-state index in [0.29, 0.717) is 0 Å². The first-order chi connectivity index (χ1) is 9.58. The van der Waals surface area contributed by atoms with Gasteiger partial charge in [-0.1, -0.05) is 0 Å². The van der Waals surface area contributed by atoms with Crippen molar-refractivity contribution in [3.8, 4) is 0 Å².